The molecule has 0 saturated carbocycles. The number of benzene rings is 1. The largest absolute Gasteiger partial charge is 0.379 e. The van der Waals surface area contributed by atoms with Crippen LogP contribution in [0.15, 0.2) is 24.3 Å². The summed E-state index contributed by atoms with van der Waals surface area (Å²) < 4.78 is 5.31. The molecule has 0 bridgehead atoms. The van der Waals surface area contributed by atoms with Gasteiger partial charge in [-0.2, -0.15) is 0 Å². The molecule has 92 valence electrons. The average molecular weight is 237 g/mol. The molecule has 1 unspecified atom stereocenters. The first kappa shape index (κ1) is 12.0. The van der Waals surface area contributed by atoms with Crippen LogP contribution in [0.4, 0.5) is 5.69 Å². The molecular weight excluding hydrogens is 220 g/mol. The highest BCUT2D eigenvalue weighted by Gasteiger charge is 2.20. The van der Waals surface area contributed by atoms with Crippen LogP contribution in [0, 0.1) is 4.91 Å². The molecule has 1 aliphatic rings. The summed E-state index contributed by atoms with van der Waals surface area (Å²) >= 11 is 0. The van der Waals surface area contributed by atoms with E-state index in [0.29, 0.717) is 0 Å². The maximum Gasteiger partial charge on any atom is 0.316 e. The molecule has 0 radical (unpaired) electrons. The predicted molar refractivity (Wildman–Crippen MR) is 62.3 cm³/mol. The van der Waals surface area contributed by atoms with E-state index in [2.05, 4.69) is 11.8 Å². The van der Waals surface area contributed by atoms with E-state index in [1.54, 1.807) is 18.2 Å². The summed E-state index contributed by atoms with van der Waals surface area (Å²) in [5.41, 5.74) is 1.29. The SMILES string of the molecule is CC(c1cccc([N+](=O)O)c1)N1CCOCC1. The molecule has 5 heteroatoms. The third kappa shape index (κ3) is 2.81. The summed E-state index contributed by atoms with van der Waals surface area (Å²) in [6, 6.07) is 7.27. The highest BCUT2D eigenvalue weighted by atomic mass is 16.6. The third-order valence-electron chi connectivity index (χ3n) is 3.17. The second-order valence-electron chi connectivity index (χ2n) is 4.19. The van der Waals surface area contributed by atoms with E-state index >= 15 is 0 Å². The number of hydrogen-bond acceptors (Lipinski definition) is 3. The molecular formula is C12H17N2O3+. The Hall–Kier alpha value is -1.46. The maximum absolute atomic E-state index is 10.8. The van der Waals surface area contributed by atoms with E-state index in [1.807, 2.05) is 6.07 Å². The van der Waals surface area contributed by atoms with Gasteiger partial charge in [0.1, 0.15) is 0 Å². The van der Waals surface area contributed by atoms with Crippen LogP contribution in [0.5, 0.6) is 0 Å². The molecule has 1 fully saturated rings. The number of ether oxygens (including phenoxy) is 1. The lowest BCUT2D eigenvalue weighted by atomic mass is 10.1. The van der Waals surface area contributed by atoms with Gasteiger partial charge in [-0.05, 0) is 12.5 Å². The molecule has 2 rings (SSSR count). The first-order valence-electron chi connectivity index (χ1n) is 5.76. The summed E-state index contributed by atoms with van der Waals surface area (Å²) in [6.45, 7) is 5.38. The van der Waals surface area contributed by atoms with Crippen LogP contribution in [0.1, 0.15) is 18.5 Å². The van der Waals surface area contributed by atoms with Crippen LogP contribution < -0.4 is 0 Å². The number of rotatable bonds is 3. The predicted octanol–water partition coefficient (Wildman–Crippen LogP) is 1.88. The Kier molecular flexibility index (Phi) is 3.71. The Bertz CT molecular complexity index is 402. The fraction of sp³-hybridized carbons (Fsp3) is 0.500. The third-order valence-corrected chi connectivity index (χ3v) is 3.17. The lowest BCUT2D eigenvalue weighted by Crippen LogP contribution is -2.38. The number of nitrogens with zero attached hydrogens (tertiary/aromatic N) is 2. The van der Waals surface area contributed by atoms with Gasteiger partial charge in [-0.1, -0.05) is 12.1 Å². The minimum atomic E-state index is -0.102. The van der Waals surface area contributed by atoms with E-state index in [0.717, 1.165) is 31.9 Å². The van der Waals surface area contributed by atoms with Gasteiger partial charge in [-0.3, -0.25) is 4.90 Å². The number of hydrogen-bond donors (Lipinski definition) is 1. The summed E-state index contributed by atoms with van der Waals surface area (Å²) in [7, 11) is 0. The van der Waals surface area contributed by atoms with Crippen LogP contribution in [0.2, 0.25) is 0 Å². The zero-order valence-electron chi connectivity index (χ0n) is 9.87. The van der Waals surface area contributed by atoms with Crippen molar-refractivity contribution in [2.75, 3.05) is 26.3 Å². The summed E-state index contributed by atoms with van der Waals surface area (Å²) in [5, 5.41) is 8.88. The van der Waals surface area contributed by atoms with Crippen molar-refractivity contribution in [2.24, 2.45) is 0 Å². The van der Waals surface area contributed by atoms with Gasteiger partial charge in [0.25, 0.3) is 4.92 Å². The molecule has 0 spiro atoms. The standard InChI is InChI=1S/C12H17N2O3/c1-10(13-5-7-17-8-6-13)11-3-2-4-12(9-11)14(15)16/h2-4,9-10H,5-8H2,1H3,(H,15,16)/q+1. The molecule has 1 saturated heterocycles. The molecule has 0 aliphatic carbocycles. The Morgan fingerprint density at radius 2 is 2.12 bits per heavy atom. The second-order valence-corrected chi connectivity index (χ2v) is 4.19. The van der Waals surface area contributed by atoms with Gasteiger partial charge >= 0.3 is 5.69 Å². The topological polar surface area (TPSA) is 52.8 Å². The van der Waals surface area contributed by atoms with Crippen molar-refractivity contribution in [3.63, 3.8) is 0 Å². The van der Waals surface area contributed by atoms with E-state index in [1.165, 1.54) is 0 Å². The lowest BCUT2D eigenvalue weighted by molar-refractivity contribution is -0.729. The normalized spacial score (nSPS) is 18.9. The van der Waals surface area contributed by atoms with Crippen molar-refractivity contribution in [1.82, 2.24) is 4.90 Å². The highest BCUT2D eigenvalue weighted by Crippen LogP contribution is 2.24. The van der Waals surface area contributed by atoms with Gasteiger partial charge < -0.3 is 4.74 Å². The van der Waals surface area contributed by atoms with Gasteiger partial charge in [0.2, 0.25) is 0 Å². The Balaban J connectivity index is 2.14. The molecule has 0 amide bonds. The van der Waals surface area contributed by atoms with Crippen molar-refractivity contribution in [3.05, 3.63) is 34.7 Å². The molecule has 1 aromatic carbocycles. The Labute approximate surface area is 100 Å². The quantitative estimate of drug-likeness (QED) is 0.815. The van der Waals surface area contributed by atoms with E-state index in [4.69, 9.17) is 9.94 Å². The molecule has 1 aromatic rings. The van der Waals surface area contributed by atoms with Crippen molar-refractivity contribution < 1.29 is 14.9 Å². The van der Waals surface area contributed by atoms with E-state index < -0.39 is 0 Å². The van der Waals surface area contributed by atoms with Gasteiger partial charge in [-0.25, -0.2) is 5.21 Å². The summed E-state index contributed by atoms with van der Waals surface area (Å²) in [6.07, 6.45) is 0. The zero-order valence-corrected chi connectivity index (χ0v) is 9.87. The minimum absolute atomic E-state index is 0.102. The first-order valence-corrected chi connectivity index (χ1v) is 5.76. The van der Waals surface area contributed by atoms with Crippen molar-refractivity contribution in [3.8, 4) is 0 Å². The number of morpholine rings is 1. The molecule has 1 N–H and O–H groups in total. The molecule has 5 nitrogen and oxygen atoms in total. The molecule has 1 aliphatic heterocycles. The van der Waals surface area contributed by atoms with E-state index in [-0.39, 0.29) is 16.7 Å². The fourth-order valence-electron chi connectivity index (χ4n) is 2.08. The van der Waals surface area contributed by atoms with Gasteiger partial charge in [0.05, 0.1) is 18.1 Å². The molecule has 1 heterocycles. The first-order chi connectivity index (χ1) is 8.18. The summed E-state index contributed by atoms with van der Waals surface area (Å²) in [5.74, 6) is 0. The Morgan fingerprint density at radius 1 is 1.41 bits per heavy atom. The van der Waals surface area contributed by atoms with Crippen LogP contribution in [0.25, 0.3) is 0 Å². The molecule has 1 atom stereocenters. The molecule has 17 heavy (non-hydrogen) atoms. The van der Waals surface area contributed by atoms with Crippen molar-refractivity contribution in [1.29, 1.82) is 0 Å². The van der Waals surface area contributed by atoms with Crippen molar-refractivity contribution in [2.45, 2.75) is 13.0 Å². The smallest absolute Gasteiger partial charge is 0.316 e. The van der Waals surface area contributed by atoms with Crippen LogP contribution in [0.3, 0.4) is 0 Å². The summed E-state index contributed by atoms with van der Waals surface area (Å²) in [4.78, 5) is 13.0. The van der Waals surface area contributed by atoms with Gasteiger partial charge in [0, 0.05) is 31.3 Å². The van der Waals surface area contributed by atoms with Crippen LogP contribution in [-0.2, 0) is 4.74 Å². The van der Waals surface area contributed by atoms with Crippen molar-refractivity contribution >= 4 is 5.69 Å². The minimum Gasteiger partial charge on any atom is -0.379 e. The average Bonchev–Trinajstić information content (AvgIpc) is 2.39. The lowest BCUT2D eigenvalue weighted by Gasteiger charge is -2.32. The monoisotopic (exact) mass is 237 g/mol. The highest BCUT2D eigenvalue weighted by molar-refractivity contribution is 5.35. The zero-order chi connectivity index (χ0) is 12.3. The Morgan fingerprint density at radius 3 is 2.76 bits per heavy atom. The van der Waals surface area contributed by atoms with E-state index in [9.17, 15) is 4.91 Å². The fourth-order valence-corrected chi connectivity index (χ4v) is 2.08. The second kappa shape index (κ2) is 5.25. The molecule has 0 aromatic heterocycles. The van der Waals surface area contributed by atoms with Crippen LogP contribution in [-0.4, -0.2) is 41.3 Å². The maximum atomic E-state index is 10.8. The van der Waals surface area contributed by atoms with Gasteiger partial charge in [0.15, 0.2) is 0 Å². The van der Waals surface area contributed by atoms with Gasteiger partial charge in [-0.15, -0.1) is 0 Å². The van der Waals surface area contributed by atoms with Crippen LogP contribution >= 0.6 is 0 Å².